The average Bonchev–Trinajstić information content (AvgIpc) is 2.84. The van der Waals surface area contributed by atoms with Crippen molar-refractivity contribution >= 4 is 0 Å². The van der Waals surface area contributed by atoms with Gasteiger partial charge in [0.15, 0.2) is 0 Å². The quantitative estimate of drug-likeness (QED) is 0.688. The summed E-state index contributed by atoms with van der Waals surface area (Å²) in [6, 6.07) is 10.5. The standard InChI is InChI=1S/C13H14N2/c1-15-12-9-5-8-11(12)13(14-15)10-6-3-2-4-7-10/h2-4,6-7H,5,8-9H2,1H3. The molecule has 0 spiro atoms. The van der Waals surface area contributed by atoms with E-state index in [4.69, 9.17) is 0 Å². The molecular formula is C13H14N2. The minimum atomic E-state index is 1.19. The highest BCUT2D eigenvalue weighted by Gasteiger charge is 2.21. The van der Waals surface area contributed by atoms with Gasteiger partial charge in [-0.05, 0) is 19.3 Å². The fraction of sp³-hybridized carbons (Fsp3) is 0.308. The molecule has 0 radical (unpaired) electrons. The molecule has 15 heavy (non-hydrogen) atoms. The Balaban J connectivity index is 2.18. The van der Waals surface area contributed by atoms with Gasteiger partial charge in [0.2, 0.25) is 0 Å². The summed E-state index contributed by atoms with van der Waals surface area (Å²) in [6.45, 7) is 0. The second-order valence-electron chi connectivity index (χ2n) is 4.12. The van der Waals surface area contributed by atoms with Crippen molar-refractivity contribution in [1.82, 2.24) is 9.78 Å². The summed E-state index contributed by atoms with van der Waals surface area (Å²) in [5.41, 5.74) is 5.32. The zero-order valence-corrected chi connectivity index (χ0v) is 8.90. The van der Waals surface area contributed by atoms with Crippen LogP contribution in [0.15, 0.2) is 30.3 Å². The van der Waals surface area contributed by atoms with E-state index < -0.39 is 0 Å². The number of aromatic nitrogens is 2. The largest absolute Gasteiger partial charge is 0.272 e. The first-order valence-corrected chi connectivity index (χ1v) is 5.46. The molecule has 0 unspecified atom stereocenters. The van der Waals surface area contributed by atoms with Gasteiger partial charge in [-0.1, -0.05) is 30.3 Å². The Bertz CT molecular complexity index is 483. The summed E-state index contributed by atoms with van der Waals surface area (Å²) in [5, 5.41) is 4.62. The monoisotopic (exact) mass is 198 g/mol. The molecule has 0 saturated heterocycles. The molecule has 1 aliphatic rings. The summed E-state index contributed by atoms with van der Waals surface area (Å²) in [7, 11) is 2.05. The highest BCUT2D eigenvalue weighted by Crippen LogP contribution is 2.31. The number of fused-ring (bicyclic) bond motifs is 1. The van der Waals surface area contributed by atoms with Crippen LogP contribution in [0.4, 0.5) is 0 Å². The van der Waals surface area contributed by atoms with E-state index in [9.17, 15) is 0 Å². The van der Waals surface area contributed by atoms with Gasteiger partial charge in [0.05, 0.1) is 5.69 Å². The lowest BCUT2D eigenvalue weighted by Gasteiger charge is -1.98. The van der Waals surface area contributed by atoms with Crippen LogP contribution in [0.25, 0.3) is 11.3 Å². The molecule has 1 aromatic heterocycles. The first kappa shape index (κ1) is 8.72. The molecule has 0 saturated carbocycles. The van der Waals surface area contributed by atoms with Gasteiger partial charge < -0.3 is 0 Å². The first-order valence-electron chi connectivity index (χ1n) is 5.46. The minimum Gasteiger partial charge on any atom is -0.272 e. The Labute approximate surface area is 89.5 Å². The second-order valence-corrected chi connectivity index (χ2v) is 4.12. The highest BCUT2D eigenvalue weighted by molar-refractivity contribution is 5.64. The molecule has 0 aliphatic heterocycles. The van der Waals surface area contributed by atoms with Crippen molar-refractivity contribution in [2.75, 3.05) is 0 Å². The van der Waals surface area contributed by atoms with Gasteiger partial charge in [0, 0.05) is 23.9 Å². The maximum atomic E-state index is 4.62. The van der Waals surface area contributed by atoms with Crippen LogP contribution in [0.3, 0.4) is 0 Å². The summed E-state index contributed by atoms with van der Waals surface area (Å²) >= 11 is 0. The van der Waals surface area contributed by atoms with E-state index in [1.807, 2.05) is 10.7 Å². The Kier molecular flexibility index (Phi) is 1.88. The van der Waals surface area contributed by atoms with E-state index in [0.29, 0.717) is 0 Å². The summed E-state index contributed by atoms with van der Waals surface area (Å²) in [5.74, 6) is 0. The third kappa shape index (κ3) is 1.29. The lowest BCUT2D eigenvalue weighted by Crippen LogP contribution is -1.95. The van der Waals surface area contributed by atoms with Crippen molar-refractivity contribution < 1.29 is 0 Å². The molecular weight excluding hydrogens is 184 g/mol. The SMILES string of the molecule is Cn1nc(-c2ccccc2)c2c1CCC2. The predicted molar refractivity (Wildman–Crippen MR) is 60.7 cm³/mol. The summed E-state index contributed by atoms with van der Waals surface area (Å²) < 4.78 is 2.05. The Morgan fingerprint density at radius 3 is 2.73 bits per heavy atom. The van der Waals surface area contributed by atoms with Gasteiger partial charge in [-0.3, -0.25) is 4.68 Å². The second kappa shape index (κ2) is 3.23. The number of nitrogens with zero attached hydrogens (tertiary/aromatic N) is 2. The number of aryl methyl sites for hydroxylation is 1. The molecule has 0 N–H and O–H groups in total. The van der Waals surface area contributed by atoms with Gasteiger partial charge in [-0.25, -0.2) is 0 Å². The number of hydrogen-bond acceptors (Lipinski definition) is 1. The smallest absolute Gasteiger partial charge is 0.0957 e. The lowest BCUT2D eigenvalue weighted by atomic mass is 10.1. The van der Waals surface area contributed by atoms with Crippen molar-refractivity contribution in [1.29, 1.82) is 0 Å². The van der Waals surface area contributed by atoms with Crippen LogP contribution in [0.2, 0.25) is 0 Å². The maximum Gasteiger partial charge on any atom is 0.0957 e. The molecule has 3 rings (SSSR count). The normalized spacial score (nSPS) is 14.2. The van der Waals surface area contributed by atoms with Crippen LogP contribution in [-0.4, -0.2) is 9.78 Å². The van der Waals surface area contributed by atoms with E-state index in [2.05, 4.69) is 36.4 Å². The topological polar surface area (TPSA) is 17.8 Å². The molecule has 76 valence electrons. The zero-order chi connectivity index (χ0) is 10.3. The zero-order valence-electron chi connectivity index (χ0n) is 8.90. The van der Waals surface area contributed by atoms with Crippen LogP contribution in [0, 0.1) is 0 Å². The molecule has 1 heterocycles. The Morgan fingerprint density at radius 1 is 1.13 bits per heavy atom. The van der Waals surface area contributed by atoms with Crippen LogP contribution in [0.5, 0.6) is 0 Å². The summed E-state index contributed by atoms with van der Waals surface area (Å²) in [4.78, 5) is 0. The van der Waals surface area contributed by atoms with Crippen molar-refractivity contribution in [2.45, 2.75) is 19.3 Å². The molecule has 0 atom stereocenters. The predicted octanol–water partition coefficient (Wildman–Crippen LogP) is 2.58. The molecule has 2 heteroatoms. The molecule has 1 aliphatic carbocycles. The van der Waals surface area contributed by atoms with E-state index in [1.54, 1.807) is 0 Å². The van der Waals surface area contributed by atoms with Crippen molar-refractivity contribution in [3.8, 4) is 11.3 Å². The van der Waals surface area contributed by atoms with Crippen LogP contribution in [-0.2, 0) is 19.9 Å². The van der Waals surface area contributed by atoms with Crippen LogP contribution < -0.4 is 0 Å². The lowest BCUT2D eigenvalue weighted by molar-refractivity contribution is 0.709. The Morgan fingerprint density at radius 2 is 1.93 bits per heavy atom. The van der Waals surface area contributed by atoms with Gasteiger partial charge >= 0.3 is 0 Å². The van der Waals surface area contributed by atoms with Gasteiger partial charge in [-0.15, -0.1) is 0 Å². The number of hydrogen-bond donors (Lipinski definition) is 0. The highest BCUT2D eigenvalue weighted by atomic mass is 15.3. The van der Waals surface area contributed by atoms with E-state index >= 15 is 0 Å². The molecule has 2 aromatic rings. The van der Waals surface area contributed by atoms with Crippen molar-refractivity contribution in [2.24, 2.45) is 7.05 Å². The number of rotatable bonds is 1. The minimum absolute atomic E-state index is 1.19. The first-order chi connectivity index (χ1) is 7.36. The fourth-order valence-corrected chi connectivity index (χ4v) is 2.44. The molecule has 1 aromatic carbocycles. The van der Waals surface area contributed by atoms with Crippen LogP contribution >= 0.6 is 0 Å². The fourth-order valence-electron chi connectivity index (χ4n) is 2.44. The van der Waals surface area contributed by atoms with E-state index in [1.165, 1.54) is 41.8 Å². The maximum absolute atomic E-state index is 4.62. The van der Waals surface area contributed by atoms with E-state index in [0.717, 1.165) is 0 Å². The van der Waals surface area contributed by atoms with E-state index in [-0.39, 0.29) is 0 Å². The van der Waals surface area contributed by atoms with Gasteiger partial charge in [0.1, 0.15) is 0 Å². The Hall–Kier alpha value is -1.57. The third-order valence-corrected chi connectivity index (χ3v) is 3.16. The van der Waals surface area contributed by atoms with Crippen molar-refractivity contribution in [3.05, 3.63) is 41.6 Å². The number of benzene rings is 1. The van der Waals surface area contributed by atoms with Crippen molar-refractivity contribution in [3.63, 3.8) is 0 Å². The summed E-state index contributed by atoms with van der Waals surface area (Å²) in [6.07, 6.45) is 3.65. The van der Waals surface area contributed by atoms with Crippen LogP contribution in [0.1, 0.15) is 17.7 Å². The third-order valence-electron chi connectivity index (χ3n) is 3.16. The molecule has 0 amide bonds. The molecule has 0 fully saturated rings. The molecule has 2 nitrogen and oxygen atoms in total. The average molecular weight is 198 g/mol. The molecule has 0 bridgehead atoms. The van der Waals surface area contributed by atoms with Gasteiger partial charge in [0.25, 0.3) is 0 Å². The van der Waals surface area contributed by atoms with Gasteiger partial charge in [-0.2, -0.15) is 5.10 Å².